The van der Waals surface area contributed by atoms with E-state index in [9.17, 15) is 0 Å². The Bertz CT molecular complexity index is 588. The van der Waals surface area contributed by atoms with Crippen molar-refractivity contribution in [3.8, 4) is 0 Å². The van der Waals surface area contributed by atoms with E-state index in [4.69, 9.17) is 0 Å². The number of nitrogens with zero attached hydrogens (tertiary/aromatic N) is 3. The van der Waals surface area contributed by atoms with Crippen LogP contribution >= 0.6 is 24.8 Å². The van der Waals surface area contributed by atoms with Crippen molar-refractivity contribution in [2.75, 3.05) is 18.4 Å². The van der Waals surface area contributed by atoms with Gasteiger partial charge >= 0.3 is 0 Å². The number of aryl methyl sites for hydroxylation is 1. The molecule has 3 rings (SSSR count). The van der Waals surface area contributed by atoms with Crippen molar-refractivity contribution in [3.63, 3.8) is 0 Å². The zero-order chi connectivity index (χ0) is 13.8. The first-order chi connectivity index (χ1) is 9.83. The molecule has 22 heavy (non-hydrogen) atoms. The van der Waals surface area contributed by atoms with Crippen molar-refractivity contribution in [2.24, 2.45) is 0 Å². The second kappa shape index (κ2) is 8.88. The topological polar surface area (TPSA) is 62.7 Å². The van der Waals surface area contributed by atoms with Crippen LogP contribution in [0.5, 0.6) is 0 Å². The minimum absolute atomic E-state index is 0. The monoisotopic (exact) mass is 341 g/mol. The van der Waals surface area contributed by atoms with Crippen molar-refractivity contribution >= 4 is 36.4 Å². The number of halogens is 2. The number of hydrogen-bond donors (Lipinski definition) is 2. The molecule has 0 bridgehead atoms. The Labute approximate surface area is 143 Å². The summed E-state index contributed by atoms with van der Waals surface area (Å²) in [5, 5.41) is 6.72. The van der Waals surface area contributed by atoms with Gasteiger partial charge in [0.1, 0.15) is 5.82 Å². The van der Waals surface area contributed by atoms with Crippen molar-refractivity contribution in [1.82, 2.24) is 20.3 Å². The van der Waals surface area contributed by atoms with E-state index in [-0.39, 0.29) is 24.8 Å². The van der Waals surface area contributed by atoms with E-state index in [1.165, 1.54) is 6.42 Å². The maximum Gasteiger partial charge on any atom is 0.153 e. The van der Waals surface area contributed by atoms with Gasteiger partial charge in [-0.25, -0.2) is 9.97 Å². The third-order valence-corrected chi connectivity index (χ3v) is 3.54. The molecular formula is C15H21Cl2N5. The van der Waals surface area contributed by atoms with E-state index >= 15 is 0 Å². The van der Waals surface area contributed by atoms with Crippen LogP contribution in [-0.4, -0.2) is 28.0 Å². The molecule has 0 amide bonds. The fourth-order valence-corrected chi connectivity index (χ4v) is 2.56. The maximum absolute atomic E-state index is 4.53. The van der Waals surface area contributed by atoms with Crippen LogP contribution in [0.1, 0.15) is 30.1 Å². The summed E-state index contributed by atoms with van der Waals surface area (Å²) < 4.78 is 0. The zero-order valence-electron chi connectivity index (χ0n) is 12.5. The van der Waals surface area contributed by atoms with E-state index in [1.54, 1.807) is 12.4 Å². The van der Waals surface area contributed by atoms with Crippen LogP contribution in [0.3, 0.4) is 0 Å². The van der Waals surface area contributed by atoms with Gasteiger partial charge in [-0.2, -0.15) is 0 Å². The molecule has 120 valence electrons. The molecule has 2 aromatic heterocycles. The smallest absolute Gasteiger partial charge is 0.153 e. The van der Waals surface area contributed by atoms with Crippen LogP contribution in [0.4, 0.5) is 11.6 Å². The third-order valence-electron chi connectivity index (χ3n) is 3.54. The number of piperidine rings is 1. The van der Waals surface area contributed by atoms with Crippen LogP contribution in [0.15, 0.2) is 30.6 Å². The summed E-state index contributed by atoms with van der Waals surface area (Å²) in [6.07, 6.45) is 5.82. The van der Waals surface area contributed by atoms with Crippen LogP contribution in [0.25, 0.3) is 0 Å². The minimum atomic E-state index is 0. The molecule has 1 fully saturated rings. The molecule has 1 unspecified atom stereocenters. The van der Waals surface area contributed by atoms with E-state index in [0.29, 0.717) is 5.92 Å². The lowest BCUT2D eigenvalue weighted by Crippen LogP contribution is -2.29. The molecule has 0 saturated carbocycles. The molecule has 1 saturated heterocycles. The lowest BCUT2D eigenvalue weighted by molar-refractivity contribution is 0.455. The normalized spacial score (nSPS) is 17.0. The molecule has 0 radical (unpaired) electrons. The van der Waals surface area contributed by atoms with Gasteiger partial charge in [-0.05, 0) is 38.4 Å². The minimum Gasteiger partial charge on any atom is -0.323 e. The molecule has 0 spiro atoms. The van der Waals surface area contributed by atoms with Gasteiger partial charge in [-0.3, -0.25) is 4.98 Å². The summed E-state index contributed by atoms with van der Waals surface area (Å²) in [6.45, 7) is 4.04. The number of nitrogens with one attached hydrogen (secondary N) is 2. The molecule has 0 aliphatic carbocycles. The van der Waals surface area contributed by atoms with E-state index in [1.807, 2.05) is 25.1 Å². The lowest BCUT2D eigenvalue weighted by atomic mass is 9.96. The number of aromatic nitrogens is 3. The Morgan fingerprint density at radius 2 is 2.00 bits per heavy atom. The van der Waals surface area contributed by atoms with Gasteiger partial charge in [-0.1, -0.05) is 6.07 Å². The van der Waals surface area contributed by atoms with Gasteiger partial charge < -0.3 is 10.6 Å². The Morgan fingerprint density at radius 3 is 2.73 bits per heavy atom. The average Bonchev–Trinajstić information content (AvgIpc) is 2.49. The maximum atomic E-state index is 4.53. The van der Waals surface area contributed by atoms with Crippen LogP contribution in [-0.2, 0) is 0 Å². The molecular weight excluding hydrogens is 321 g/mol. The fraction of sp³-hybridized carbons (Fsp3) is 0.400. The second-order valence-electron chi connectivity index (χ2n) is 5.12. The van der Waals surface area contributed by atoms with Crippen molar-refractivity contribution < 1.29 is 0 Å². The van der Waals surface area contributed by atoms with Crippen molar-refractivity contribution in [2.45, 2.75) is 25.7 Å². The highest BCUT2D eigenvalue weighted by Crippen LogP contribution is 2.27. The first kappa shape index (κ1) is 18.6. The van der Waals surface area contributed by atoms with Crippen LogP contribution in [0, 0.1) is 6.92 Å². The first-order valence-corrected chi connectivity index (χ1v) is 7.05. The molecule has 2 N–H and O–H groups in total. The van der Waals surface area contributed by atoms with Crippen LogP contribution in [0.2, 0.25) is 0 Å². The Kier molecular flexibility index (Phi) is 7.51. The van der Waals surface area contributed by atoms with E-state index in [0.717, 1.165) is 42.5 Å². The highest BCUT2D eigenvalue weighted by atomic mass is 35.5. The van der Waals surface area contributed by atoms with E-state index in [2.05, 4.69) is 25.6 Å². The van der Waals surface area contributed by atoms with Crippen LogP contribution < -0.4 is 10.6 Å². The zero-order valence-corrected chi connectivity index (χ0v) is 14.1. The predicted octanol–water partition coefficient (Wildman–Crippen LogP) is 3.23. The predicted molar refractivity (Wildman–Crippen MR) is 93.6 cm³/mol. The van der Waals surface area contributed by atoms with Gasteiger partial charge in [0.05, 0.1) is 5.69 Å². The quantitative estimate of drug-likeness (QED) is 0.897. The first-order valence-electron chi connectivity index (χ1n) is 7.05. The third kappa shape index (κ3) is 4.53. The number of pyridine rings is 1. The second-order valence-corrected chi connectivity index (χ2v) is 5.12. The summed E-state index contributed by atoms with van der Waals surface area (Å²) in [4.78, 5) is 13.4. The molecule has 0 aromatic carbocycles. The Balaban J connectivity index is 0.00000121. The number of rotatable bonds is 3. The van der Waals surface area contributed by atoms with Gasteiger partial charge in [0, 0.05) is 30.6 Å². The highest BCUT2D eigenvalue weighted by molar-refractivity contribution is 5.85. The van der Waals surface area contributed by atoms with Gasteiger partial charge in [0.25, 0.3) is 0 Å². The largest absolute Gasteiger partial charge is 0.323 e. The Morgan fingerprint density at radius 1 is 1.18 bits per heavy atom. The molecule has 7 heteroatoms. The van der Waals surface area contributed by atoms with E-state index < -0.39 is 0 Å². The van der Waals surface area contributed by atoms with Crippen molar-refractivity contribution in [3.05, 3.63) is 42.0 Å². The summed E-state index contributed by atoms with van der Waals surface area (Å²) >= 11 is 0. The molecule has 2 aromatic rings. The summed E-state index contributed by atoms with van der Waals surface area (Å²) in [7, 11) is 0. The summed E-state index contributed by atoms with van der Waals surface area (Å²) in [5.74, 6) is 2.06. The average molecular weight is 342 g/mol. The SMILES string of the molecule is Cc1cccc(Nc2nccnc2C2CCCNC2)n1.Cl.Cl. The molecule has 1 atom stereocenters. The van der Waals surface area contributed by atoms with Gasteiger partial charge in [0.2, 0.25) is 0 Å². The molecule has 5 nitrogen and oxygen atoms in total. The molecule has 1 aliphatic heterocycles. The number of hydrogen-bond acceptors (Lipinski definition) is 5. The molecule has 1 aliphatic rings. The van der Waals surface area contributed by atoms with Crippen molar-refractivity contribution in [1.29, 1.82) is 0 Å². The highest BCUT2D eigenvalue weighted by Gasteiger charge is 2.20. The van der Waals surface area contributed by atoms with Gasteiger partial charge in [-0.15, -0.1) is 24.8 Å². The molecule has 3 heterocycles. The number of anilines is 2. The summed E-state index contributed by atoms with van der Waals surface area (Å²) in [6, 6.07) is 5.92. The fourth-order valence-electron chi connectivity index (χ4n) is 2.56. The Hall–Kier alpha value is -1.43. The standard InChI is InChI=1S/C15H19N5.2ClH/c1-11-4-2-6-13(19-11)20-15-14(17-8-9-18-15)12-5-3-7-16-10-12;;/h2,4,6,8-9,12,16H,3,5,7,10H2,1H3,(H,18,19,20);2*1H. The van der Waals surface area contributed by atoms with Gasteiger partial charge in [0.15, 0.2) is 5.82 Å². The lowest BCUT2D eigenvalue weighted by Gasteiger charge is -2.23. The summed E-state index contributed by atoms with van der Waals surface area (Å²) in [5.41, 5.74) is 2.02.